The summed E-state index contributed by atoms with van der Waals surface area (Å²) in [4.78, 5) is 0. The maximum Gasteiger partial charge on any atom is 0.0761 e. The number of hydrogen-bond acceptors (Lipinski definition) is 2. The quantitative estimate of drug-likeness (QED) is 0.318. The lowest BCUT2D eigenvalue weighted by Gasteiger charge is -2.36. The summed E-state index contributed by atoms with van der Waals surface area (Å²) >= 11 is 0. The van der Waals surface area contributed by atoms with Crippen LogP contribution in [0.3, 0.4) is 0 Å². The van der Waals surface area contributed by atoms with E-state index >= 15 is 0 Å². The molecule has 0 fully saturated rings. The minimum Gasteiger partial charge on any atom is -0.411 e. The van der Waals surface area contributed by atoms with E-state index in [0.29, 0.717) is 17.0 Å². The van der Waals surface area contributed by atoms with E-state index < -0.39 is 0 Å². The SMILES string of the molecule is CC1=CCCC(C)(C)C1/C=C/C(C)=N/O. The highest BCUT2D eigenvalue weighted by molar-refractivity contribution is 5.92. The van der Waals surface area contributed by atoms with Gasteiger partial charge in [0.05, 0.1) is 5.71 Å². The highest BCUT2D eigenvalue weighted by Gasteiger charge is 2.30. The molecule has 0 heterocycles. The van der Waals surface area contributed by atoms with Gasteiger partial charge in [0, 0.05) is 5.92 Å². The second-order valence-electron chi connectivity index (χ2n) is 5.05. The van der Waals surface area contributed by atoms with Gasteiger partial charge in [-0.3, -0.25) is 0 Å². The summed E-state index contributed by atoms with van der Waals surface area (Å²) in [5, 5.41) is 11.7. The number of oxime groups is 1. The predicted octanol–water partition coefficient (Wildman–Crippen LogP) is 3.78. The lowest BCUT2D eigenvalue weighted by atomic mass is 9.68. The van der Waals surface area contributed by atoms with E-state index in [1.165, 1.54) is 18.4 Å². The van der Waals surface area contributed by atoms with Crippen molar-refractivity contribution in [2.24, 2.45) is 16.5 Å². The van der Waals surface area contributed by atoms with Gasteiger partial charge in [0.1, 0.15) is 0 Å². The van der Waals surface area contributed by atoms with Crippen LogP contribution in [-0.4, -0.2) is 10.9 Å². The van der Waals surface area contributed by atoms with Crippen molar-refractivity contribution in [2.75, 3.05) is 0 Å². The Hall–Kier alpha value is -1.05. The molecule has 1 aliphatic carbocycles. The van der Waals surface area contributed by atoms with Gasteiger partial charge in [0.25, 0.3) is 0 Å². The monoisotopic (exact) mass is 207 g/mol. The molecule has 0 saturated heterocycles. The van der Waals surface area contributed by atoms with Gasteiger partial charge in [-0.25, -0.2) is 0 Å². The summed E-state index contributed by atoms with van der Waals surface area (Å²) < 4.78 is 0. The van der Waals surface area contributed by atoms with E-state index in [9.17, 15) is 0 Å². The largest absolute Gasteiger partial charge is 0.411 e. The van der Waals surface area contributed by atoms with Gasteiger partial charge in [0.15, 0.2) is 0 Å². The molecule has 0 amide bonds. The van der Waals surface area contributed by atoms with Crippen molar-refractivity contribution in [1.29, 1.82) is 0 Å². The number of hydrogen-bond donors (Lipinski definition) is 1. The van der Waals surface area contributed by atoms with E-state index in [2.05, 4.69) is 38.1 Å². The van der Waals surface area contributed by atoms with E-state index in [-0.39, 0.29) is 0 Å². The Morgan fingerprint density at radius 1 is 1.60 bits per heavy atom. The van der Waals surface area contributed by atoms with Crippen LogP contribution >= 0.6 is 0 Å². The topological polar surface area (TPSA) is 32.6 Å². The van der Waals surface area contributed by atoms with Crippen LogP contribution in [-0.2, 0) is 0 Å². The third-order valence-corrected chi connectivity index (χ3v) is 3.28. The fourth-order valence-electron chi connectivity index (χ4n) is 2.25. The normalized spacial score (nSPS) is 26.8. The van der Waals surface area contributed by atoms with Crippen LogP contribution in [0.15, 0.2) is 29.0 Å². The first-order valence-electron chi connectivity index (χ1n) is 5.51. The third-order valence-electron chi connectivity index (χ3n) is 3.28. The summed E-state index contributed by atoms with van der Waals surface area (Å²) in [7, 11) is 0. The zero-order valence-electron chi connectivity index (χ0n) is 10.1. The Morgan fingerprint density at radius 3 is 2.80 bits per heavy atom. The summed E-state index contributed by atoms with van der Waals surface area (Å²) in [6, 6.07) is 0. The predicted molar refractivity (Wildman–Crippen MR) is 64.3 cm³/mol. The van der Waals surface area contributed by atoms with Gasteiger partial charge >= 0.3 is 0 Å². The molecule has 0 aliphatic heterocycles. The van der Waals surface area contributed by atoms with Crippen LogP contribution in [0, 0.1) is 11.3 Å². The molecule has 15 heavy (non-hydrogen) atoms. The maximum absolute atomic E-state index is 8.58. The average Bonchev–Trinajstić information content (AvgIpc) is 2.15. The molecule has 0 bridgehead atoms. The van der Waals surface area contributed by atoms with Gasteiger partial charge in [-0.1, -0.05) is 36.7 Å². The summed E-state index contributed by atoms with van der Waals surface area (Å²) in [5.74, 6) is 0.461. The van der Waals surface area contributed by atoms with Crippen molar-refractivity contribution >= 4 is 5.71 Å². The minimum atomic E-state index is 0.311. The van der Waals surface area contributed by atoms with Crippen LogP contribution in [0.1, 0.15) is 40.5 Å². The van der Waals surface area contributed by atoms with E-state index in [4.69, 9.17) is 5.21 Å². The molecular formula is C13H21NO. The number of rotatable bonds is 2. The molecule has 0 radical (unpaired) electrons. The molecular weight excluding hydrogens is 186 g/mol. The Balaban J connectivity index is 2.86. The molecule has 2 heteroatoms. The molecule has 0 aromatic carbocycles. The first-order valence-corrected chi connectivity index (χ1v) is 5.51. The fourth-order valence-corrected chi connectivity index (χ4v) is 2.25. The van der Waals surface area contributed by atoms with Gasteiger partial charge in [-0.2, -0.15) is 0 Å². The van der Waals surface area contributed by atoms with Crippen molar-refractivity contribution in [3.05, 3.63) is 23.8 Å². The molecule has 84 valence electrons. The zero-order valence-corrected chi connectivity index (χ0v) is 10.1. The Labute approximate surface area is 92.4 Å². The number of nitrogens with zero attached hydrogens (tertiary/aromatic N) is 1. The van der Waals surface area contributed by atoms with E-state index in [1.807, 2.05) is 6.08 Å². The van der Waals surface area contributed by atoms with Crippen LogP contribution in [0.5, 0.6) is 0 Å². The van der Waals surface area contributed by atoms with Crippen LogP contribution in [0.25, 0.3) is 0 Å². The van der Waals surface area contributed by atoms with Gasteiger partial charge in [0.2, 0.25) is 0 Å². The van der Waals surface area contributed by atoms with Crippen LogP contribution < -0.4 is 0 Å². The molecule has 0 saturated carbocycles. The molecule has 0 aromatic heterocycles. The van der Waals surface area contributed by atoms with E-state index in [1.54, 1.807) is 6.92 Å². The molecule has 1 atom stereocenters. The maximum atomic E-state index is 8.58. The lowest BCUT2D eigenvalue weighted by molar-refractivity contribution is 0.255. The molecule has 2 nitrogen and oxygen atoms in total. The first-order chi connectivity index (χ1) is 6.97. The molecule has 1 N–H and O–H groups in total. The van der Waals surface area contributed by atoms with Crippen molar-refractivity contribution in [2.45, 2.75) is 40.5 Å². The Bertz CT molecular complexity index is 310. The van der Waals surface area contributed by atoms with Crippen molar-refractivity contribution in [1.82, 2.24) is 0 Å². The Morgan fingerprint density at radius 2 is 2.27 bits per heavy atom. The highest BCUT2D eigenvalue weighted by Crippen LogP contribution is 2.41. The van der Waals surface area contributed by atoms with Crippen LogP contribution in [0.4, 0.5) is 0 Å². The summed E-state index contributed by atoms with van der Waals surface area (Å²) in [5.41, 5.74) is 2.39. The Kier molecular flexibility index (Phi) is 3.72. The molecule has 1 rings (SSSR count). The third kappa shape index (κ3) is 2.95. The zero-order chi connectivity index (χ0) is 11.5. The van der Waals surface area contributed by atoms with Crippen molar-refractivity contribution in [3.63, 3.8) is 0 Å². The summed E-state index contributed by atoms with van der Waals surface area (Å²) in [6.07, 6.45) is 8.76. The average molecular weight is 207 g/mol. The second kappa shape index (κ2) is 4.65. The molecule has 1 aliphatic rings. The van der Waals surface area contributed by atoms with Gasteiger partial charge in [-0.05, 0) is 38.2 Å². The van der Waals surface area contributed by atoms with E-state index in [0.717, 1.165) is 0 Å². The molecule has 1 unspecified atom stereocenters. The summed E-state index contributed by atoms with van der Waals surface area (Å²) in [6.45, 7) is 8.57. The standard InChI is InChI=1S/C13H21NO/c1-10-6-5-9-13(3,4)12(10)8-7-11(2)14-15/h6-8,12,15H,5,9H2,1-4H3/b8-7+,14-11+. The second-order valence-corrected chi connectivity index (χ2v) is 5.05. The molecule has 0 aromatic rings. The minimum absolute atomic E-state index is 0.311. The fraction of sp³-hybridized carbons (Fsp3) is 0.615. The molecule has 0 spiro atoms. The van der Waals surface area contributed by atoms with Crippen molar-refractivity contribution in [3.8, 4) is 0 Å². The van der Waals surface area contributed by atoms with Crippen molar-refractivity contribution < 1.29 is 5.21 Å². The first kappa shape index (κ1) is 12.0. The van der Waals surface area contributed by atoms with Crippen LogP contribution in [0.2, 0.25) is 0 Å². The number of allylic oxidation sites excluding steroid dienone is 4. The highest BCUT2D eigenvalue weighted by atomic mass is 16.4. The van der Waals surface area contributed by atoms with Gasteiger partial charge in [-0.15, -0.1) is 0 Å². The lowest BCUT2D eigenvalue weighted by Crippen LogP contribution is -2.26. The smallest absolute Gasteiger partial charge is 0.0761 e. The van der Waals surface area contributed by atoms with Gasteiger partial charge < -0.3 is 5.21 Å².